The van der Waals surface area contributed by atoms with E-state index in [2.05, 4.69) is 19.9 Å². The van der Waals surface area contributed by atoms with Crippen molar-refractivity contribution in [2.45, 2.75) is 39.3 Å². The molecule has 0 bridgehead atoms. The number of benzene rings is 2. The minimum Gasteiger partial charge on any atom is -0.445 e. The first-order chi connectivity index (χ1) is 12.5. The van der Waals surface area contributed by atoms with E-state index in [9.17, 15) is 4.79 Å². The Balaban J connectivity index is 1.76. The molecule has 1 aliphatic rings. The van der Waals surface area contributed by atoms with Gasteiger partial charge in [-0.1, -0.05) is 56.3 Å². The Bertz CT molecular complexity index is 791. The van der Waals surface area contributed by atoms with E-state index in [-0.39, 0.29) is 24.2 Å². The number of hydrogen-bond donors (Lipinski definition) is 0. The second-order valence-corrected chi connectivity index (χ2v) is 7.60. The Hall–Kier alpha value is -2.80. The predicted octanol–water partition coefficient (Wildman–Crippen LogP) is 5.06. The van der Waals surface area contributed by atoms with E-state index in [4.69, 9.17) is 10.00 Å². The smallest absolute Gasteiger partial charge is 0.410 e. The highest BCUT2D eigenvalue weighted by Gasteiger charge is 2.37. The number of amides is 1. The van der Waals surface area contributed by atoms with Crippen molar-refractivity contribution in [1.29, 1.82) is 5.26 Å². The molecule has 2 aromatic carbocycles. The summed E-state index contributed by atoms with van der Waals surface area (Å²) < 4.78 is 5.57. The highest BCUT2D eigenvalue weighted by Crippen LogP contribution is 2.41. The van der Waals surface area contributed by atoms with Crippen molar-refractivity contribution in [3.8, 4) is 6.07 Å². The molecule has 1 aliphatic heterocycles. The molecule has 0 unspecified atom stereocenters. The fourth-order valence-corrected chi connectivity index (χ4v) is 3.41. The molecule has 0 radical (unpaired) electrons. The highest BCUT2D eigenvalue weighted by molar-refractivity contribution is 5.68. The molecule has 0 aliphatic carbocycles. The molecular formula is C22H24N2O2. The van der Waals surface area contributed by atoms with E-state index >= 15 is 0 Å². The van der Waals surface area contributed by atoms with E-state index < -0.39 is 0 Å². The molecule has 2 aromatic rings. The van der Waals surface area contributed by atoms with Crippen LogP contribution in [0.25, 0.3) is 0 Å². The first-order valence-electron chi connectivity index (χ1n) is 8.96. The Morgan fingerprint density at radius 1 is 1.19 bits per heavy atom. The van der Waals surface area contributed by atoms with E-state index in [1.54, 1.807) is 0 Å². The van der Waals surface area contributed by atoms with Gasteiger partial charge in [0.15, 0.2) is 0 Å². The quantitative estimate of drug-likeness (QED) is 0.779. The molecule has 0 saturated carbocycles. The lowest BCUT2D eigenvalue weighted by atomic mass is 9.77. The standard InChI is InChI=1S/C22H24N2O2/c1-22(2)12-13-24(21(25)26-16-18-6-4-3-5-7-18)20(14-22)19-10-8-17(15-23)9-11-19/h3-11,20H,12-14,16H2,1-2H3/t20-/m0/s1. The molecule has 134 valence electrons. The van der Waals surface area contributed by atoms with Crippen LogP contribution < -0.4 is 0 Å². The number of hydrogen-bond acceptors (Lipinski definition) is 3. The number of nitriles is 1. The number of rotatable bonds is 3. The van der Waals surface area contributed by atoms with Crippen LogP contribution in [0.3, 0.4) is 0 Å². The van der Waals surface area contributed by atoms with Crippen molar-refractivity contribution >= 4 is 6.09 Å². The van der Waals surface area contributed by atoms with Gasteiger partial charge < -0.3 is 9.64 Å². The zero-order chi connectivity index (χ0) is 18.6. The summed E-state index contributed by atoms with van der Waals surface area (Å²) in [5.41, 5.74) is 2.82. The third-order valence-electron chi connectivity index (χ3n) is 5.02. The first kappa shape index (κ1) is 18.0. The van der Waals surface area contributed by atoms with Crippen molar-refractivity contribution in [3.05, 3.63) is 71.3 Å². The van der Waals surface area contributed by atoms with Crippen LogP contribution in [-0.2, 0) is 11.3 Å². The maximum atomic E-state index is 12.7. The van der Waals surface area contributed by atoms with E-state index in [0.29, 0.717) is 12.1 Å². The van der Waals surface area contributed by atoms with Crippen LogP contribution in [-0.4, -0.2) is 17.5 Å². The van der Waals surface area contributed by atoms with Crippen molar-refractivity contribution in [1.82, 2.24) is 4.90 Å². The summed E-state index contributed by atoms with van der Waals surface area (Å²) in [6.07, 6.45) is 1.54. The van der Waals surface area contributed by atoms with Gasteiger partial charge in [0.25, 0.3) is 0 Å². The Morgan fingerprint density at radius 3 is 2.54 bits per heavy atom. The fraction of sp³-hybridized carbons (Fsp3) is 0.364. The molecule has 3 rings (SSSR count). The Kier molecular flexibility index (Phi) is 5.27. The summed E-state index contributed by atoms with van der Waals surface area (Å²) in [7, 11) is 0. The molecule has 0 spiro atoms. The maximum Gasteiger partial charge on any atom is 0.410 e. The second kappa shape index (κ2) is 7.61. The topological polar surface area (TPSA) is 53.3 Å². The number of likely N-dealkylation sites (tertiary alicyclic amines) is 1. The van der Waals surface area contributed by atoms with Gasteiger partial charge in [0.1, 0.15) is 6.61 Å². The molecule has 1 saturated heterocycles. The van der Waals surface area contributed by atoms with Gasteiger partial charge in [0.2, 0.25) is 0 Å². The number of carbonyl (C=O) groups is 1. The monoisotopic (exact) mass is 348 g/mol. The highest BCUT2D eigenvalue weighted by atomic mass is 16.6. The van der Waals surface area contributed by atoms with Crippen LogP contribution in [0.2, 0.25) is 0 Å². The van der Waals surface area contributed by atoms with Crippen molar-refractivity contribution < 1.29 is 9.53 Å². The van der Waals surface area contributed by atoms with Gasteiger partial charge in [0, 0.05) is 6.54 Å². The van der Waals surface area contributed by atoms with Crippen molar-refractivity contribution in [2.24, 2.45) is 5.41 Å². The molecule has 26 heavy (non-hydrogen) atoms. The van der Waals surface area contributed by atoms with Crippen LogP contribution in [0, 0.1) is 16.7 Å². The average molecular weight is 348 g/mol. The maximum absolute atomic E-state index is 12.7. The van der Waals surface area contributed by atoms with Gasteiger partial charge in [-0.2, -0.15) is 5.26 Å². The van der Waals surface area contributed by atoms with Gasteiger partial charge in [-0.25, -0.2) is 4.79 Å². The van der Waals surface area contributed by atoms with Gasteiger partial charge in [-0.05, 0) is 41.5 Å². The average Bonchev–Trinajstić information content (AvgIpc) is 2.66. The SMILES string of the molecule is CC1(C)CCN(C(=O)OCc2ccccc2)[C@H](c2ccc(C#N)cc2)C1. The van der Waals surface area contributed by atoms with Crippen molar-refractivity contribution in [2.75, 3.05) is 6.54 Å². The number of carbonyl (C=O) groups excluding carboxylic acids is 1. The third-order valence-corrected chi connectivity index (χ3v) is 5.02. The van der Waals surface area contributed by atoms with E-state index in [0.717, 1.165) is 24.0 Å². The van der Waals surface area contributed by atoms with E-state index in [1.807, 2.05) is 59.5 Å². The van der Waals surface area contributed by atoms with Crippen LogP contribution in [0.15, 0.2) is 54.6 Å². The summed E-state index contributed by atoms with van der Waals surface area (Å²) in [4.78, 5) is 14.6. The number of ether oxygens (including phenoxy) is 1. The Labute approximate surface area is 155 Å². The molecule has 1 heterocycles. The lowest BCUT2D eigenvalue weighted by Gasteiger charge is -2.43. The third kappa shape index (κ3) is 4.23. The van der Waals surface area contributed by atoms with Crippen LogP contribution >= 0.6 is 0 Å². The summed E-state index contributed by atoms with van der Waals surface area (Å²) in [6, 6.07) is 19.3. The lowest BCUT2D eigenvalue weighted by molar-refractivity contribution is 0.0395. The summed E-state index contributed by atoms with van der Waals surface area (Å²) in [5, 5.41) is 9.01. The fourth-order valence-electron chi connectivity index (χ4n) is 3.41. The second-order valence-electron chi connectivity index (χ2n) is 7.60. The molecule has 4 heteroatoms. The molecule has 4 nitrogen and oxygen atoms in total. The number of nitrogens with zero attached hydrogens (tertiary/aromatic N) is 2. The van der Waals surface area contributed by atoms with Crippen molar-refractivity contribution in [3.63, 3.8) is 0 Å². The lowest BCUT2D eigenvalue weighted by Crippen LogP contribution is -2.43. The summed E-state index contributed by atoms with van der Waals surface area (Å²) >= 11 is 0. The van der Waals surface area contributed by atoms with E-state index in [1.165, 1.54) is 0 Å². The minimum atomic E-state index is -0.279. The molecular weight excluding hydrogens is 324 g/mol. The first-order valence-corrected chi connectivity index (χ1v) is 8.96. The predicted molar refractivity (Wildman–Crippen MR) is 100 cm³/mol. The number of piperidine rings is 1. The normalized spacial score (nSPS) is 18.8. The largest absolute Gasteiger partial charge is 0.445 e. The van der Waals surface area contributed by atoms with Gasteiger partial charge in [0.05, 0.1) is 17.7 Å². The summed E-state index contributed by atoms with van der Waals surface area (Å²) in [6.45, 7) is 5.41. The Morgan fingerprint density at radius 2 is 1.88 bits per heavy atom. The van der Waals surface area contributed by atoms with Gasteiger partial charge >= 0.3 is 6.09 Å². The molecule has 1 atom stereocenters. The zero-order valence-electron chi connectivity index (χ0n) is 15.3. The van der Waals surface area contributed by atoms with Gasteiger partial charge in [-0.15, -0.1) is 0 Å². The molecule has 1 amide bonds. The van der Waals surface area contributed by atoms with Gasteiger partial charge in [-0.3, -0.25) is 0 Å². The van der Waals surface area contributed by atoms with Crippen LogP contribution in [0.5, 0.6) is 0 Å². The molecule has 1 fully saturated rings. The molecule has 0 N–H and O–H groups in total. The zero-order valence-corrected chi connectivity index (χ0v) is 15.3. The van der Waals surface area contributed by atoms with Crippen LogP contribution in [0.4, 0.5) is 4.79 Å². The minimum absolute atomic E-state index is 0.0326. The molecule has 0 aromatic heterocycles. The van der Waals surface area contributed by atoms with Crippen LogP contribution in [0.1, 0.15) is 49.4 Å². The summed E-state index contributed by atoms with van der Waals surface area (Å²) in [5.74, 6) is 0.